The first-order valence-corrected chi connectivity index (χ1v) is 10.4. The topological polar surface area (TPSA) is 60.9 Å². The van der Waals surface area contributed by atoms with E-state index in [4.69, 9.17) is 0 Å². The number of halogens is 3. The van der Waals surface area contributed by atoms with E-state index in [9.17, 15) is 27.6 Å². The molecule has 1 atom stereocenters. The molecule has 1 aromatic rings. The number of carbonyl (C=O) groups is 3. The Labute approximate surface area is 180 Å². The summed E-state index contributed by atoms with van der Waals surface area (Å²) in [7, 11) is 0. The van der Waals surface area contributed by atoms with Gasteiger partial charge in [0.2, 0.25) is 11.8 Å². The van der Waals surface area contributed by atoms with E-state index in [0.29, 0.717) is 19.5 Å². The highest BCUT2D eigenvalue weighted by Crippen LogP contribution is 2.32. The molecule has 2 aliphatic heterocycles. The molecule has 0 bridgehead atoms. The summed E-state index contributed by atoms with van der Waals surface area (Å²) in [6.07, 6.45) is -3.99. The van der Waals surface area contributed by atoms with Crippen LogP contribution in [0.4, 0.5) is 13.2 Å². The second kappa shape index (κ2) is 8.51. The lowest BCUT2D eigenvalue weighted by molar-refractivity contribution is -0.138. The van der Waals surface area contributed by atoms with E-state index in [-0.39, 0.29) is 49.0 Å². The largest absolute Gasteiger partial charge is 0.417 e. The van der Waals surface area contributed by atoms with Gasteiger partial charge in [-0.1, -0.05) is 12.1 Å². The molecule has 1 aromatic carbocycles. The lowest BCUT2D eigenvalue weighted by Crippen LogP contribution is -2.44. The fourth-order valence-corrected chi connectivity index (χ4v) is 4.21. The molecule has 0 aliphatic carbocycles. The van der Waals surface area contributed by atoms with Gasteiger partial charge >= 0.3 is 6.18 Å². The summed E-state index contributed by atoms with van der Waals surface area (Å²) in [6.45, 7) is 7.19. The van der Waals surface area contributed by atoms with Crippen molar-refractivity contribution in [2.24, 2.45) is 5.92 Å². The van der Waals surface area contributed by atoms with Crippen molar-refractivity contribution < 1.29 is 27.6 Å². The maximum absolute atomic E-state index is 13.3. The summed E-state index contributed by atoms with van der Waals surface area (Å²) in [5.41, 5.74) is -1.69. The number of benzene rings is 1. The molecule has 2 heterocycles. The molecule has 2 fully saturated rings. The molecule has 0 radical (unpaired) electrons. The van der Waals surface area contributed by atoms with Gasteiger partial charge in [0.25, 0.3) is 5.91 Å². The van der Waals surface area contributed by atoms with Crippen LogP contribution in [0.1, 0.15) is 49.5 Å². The van der Waals surface area contributed by atoms with Crippen molar-refractivity contribution in [2.75, 3.05) is 32.7 Å². The minimum Gasteiger partial charge on any atom is -0.341 e. The Morgan fingerprint density at radius 1 is 0.968 bits per heavy atom. The summed E-state index contributed by atoms with van der Waals surface area (Å²) in [4.78, 5) is 42.8. The third kappa shape index (κ3) is 5.02. The van der Waals surface area contributed by atoms with Crippen LogP contribution in [0, 0.1) is 5.92 Å². The minimum atomic E-state index is -4.62. The van der Waals surface area contributed by atoms with Gasteiger partial charge in [-0.05, 0) is 39.3 Å². The van der Waals surface area contributed by atoms with Gasteiger partial charge in [0.15, 0.2) is 0 Å². The first-order valence-electron chi connectivity index (χ1n) is 10.4. The summed E-state index contributed by atoms with van der Waals surface area (Å²) in [6, 6.07) is 4.75. The quantitative estimate of drug-likeness (QED) is 0.712. The average Bonchev–Trinajstić information content (AvgIpc) is 2.93. The van der Waals surface area contributed by atoms with Gasteiger partial charge in [0, 0.05) is 44.7 Å². The van der Waals surface area contributed by atoms with Gasteiger partial charge < -0.3 is 14.7 Å². The van der Waals surface area contributed by atoms with E-state index in [0.717, 1.165) is 6.07 Å². The van der Waals surface area contributed by atoms with Crippen molar-refractivity contribution in [2.45, 2.75) is 45.3 Å². The molecule has 2 saturated heterocycles. The highest BCUT2D eigenvalue weighted by molar-refractivity contribution is 5.96. The molecule has 2 aliphatic rings. The van der Waals surface area contributed by atoms with Crippen molar-refractivity contribution in [1.82, 2.24) is 14.7 Å². The van der Waals surface area contributed by atoms with Crippen molar-refractivity contribution in [3.05, 3.63) is 35.4 Å². The number of carbonyl (C=O) groups excluding carboxylic acids is 3. The number of rotatable bonds is 2. The first kappa shape index (κ1) is 23.1. The Bertz CT molecular complexity index is 864. The zero-order valence-corrected chi connectivity index (χ0v) is 18.0. The van der Waals surface area contributed by atoms with Crippen LogP contribution in [0.2, 0.25) is 0 Å². The van der Waals surface area contributed by atoms with Gasteiger partial charge in [-0.25, -0.2) is 0 Å². The summed E-state index contributed by atoms with van der Waals surface area (Å²) < 4.78 is 39.9. The molecular weight excluding hydrogens is 411 g/mol. The Balaban J connectivity index is 1.67. The van der Waals surface area contributed by atoms with E-state index >= 15 is 0 Å². The van der Waals surface area contributed by atoms with Crippen LogP contribution in [-0.4, -0.2) is 70.7 Å². The number of likely N-dealkylation sites (tertiary alicyclic amines) is 1. The van der Waals surface area contributed by atoms with E-state index < -0.39 is 23.6 Å². The maximum Gasteiger partial charge on any atom is 0.417 e. The second-order valence-electron chi connectivity index (χ2n) is 9.09. The molecule has 0 saturated carbocycles. The predicted octanol–water partition coefficient (Wildman–Crippen LogP) is 3.03. The molecule has 3 amide bonds. The Morgan fingerprint density at radius 2 is 1.58 bits per heavy atom. The van der Waals surface area contributed by atoms with E-state index in [1.54, 1.807) is 9.80 Å². The van der Waals surface area contributed by atoms with Gasteiger partial charge in [0.05, 0.1) is 17.0 Å². The first-order chi connectivity index (χ1) is 14.4. The number of alkyl halides is 3. The van der Waals surface area contributed by atoms with Crippen LogP contribution < -0.4 is 0 Å². The van der Waals surface area contributed by atoms with Crippen molar-refractivity contribution in [1.29, 1.82) is 0 Å². The van der Waals surface area contributed by atoms with Crippen LogP contribution in [0.3, 0.4) is 0 Å². The molecule has 3 rings (SSSR count). The lowest BCUT2D eigenvalue weighted by atomic mass is 10.1. The lowest BCUT2D eigenvalue weighted by Gasteiger charge is -2.32. The number of nitrogens with zero attached hydrogens (tertiary/aromatic N) is 3. The monoisotopic (exact) mass is 439 g/mol. The number of amides is 3. The van der Waals surface area contributed by atoms with Crippen LogP contribution in [0.25, 0.3) is 0 Å². The SMILES string of the molecule is CC(C)(C)N1CC(C(=O)N2CCCN(C(=O)c3ccccc3C(F)(F)F)CC2)CC1=O. The van der Waals surface area contributed by atoms with Crippen molar-refractivity contribution in [3.8, 4) is 0 Å². The molecule has 0 N–H and O–H groups in total. The zero-order valence-electron chi connectivity index (χ0n) is 18.0. The molecule has 170 valence electrons. The smallest absolute Gasteiger partial charge is 0.341 e. The highest BCUT2D eigenvalue weighted by Gasteiger charge is 2.41. The van der Waals surface area contributed by atoms with E-state index in [1.165, 1.54) is 23.1 Å². The molecule has 31 heavy (non-hydrogen) atoms. The van der Waals surface area contributed by atoms with Crippen molar-refractivity contribution in [3.63, 3.8) is 0 Å². The molecule has 0 aromatic heterocycles. The molecular formula is C22H28F3N3O3. The molecule has 6 nitrogen and oxygen atoms in total. The normalized spacial score (nSPS) is 20.8. The molecule has 1 unspecified atom stereocenters. The second-order valence-corrected chi connectivity index (χ2v) is 9.09. The maximum atomic E-state index is 13.3. The fraction of sp³-hybridized carbons (Fsp3) is 0.591. The average molecular weight is 439 g/mol. The van der Waals surface area contributed by atoms with Gasteiger partial charge in [-0.3, -0.25) is 14.4 Å². The Morgan fingerprint density at radius 3 is 2.19 bits per heavy atom. The number of hydrogen-bond acceptors (Lipinski definition) is 3. The predicted molar refractivity (Wildman–Crippen MR) is 108 cm³/mol. The summed E-state index contributed by atoms with van der Waals surface area (Å²) in [5.74, 6) is -1.30. The third-order valence-corrected chi connectivity index (χ3v) is 5.84. The van der Waals surface area contributed by atoms with Crippen LogP contribution in [-0.2, 0) is 15.8 Å². The number of hydrogen-bond donors (Lipinski definition) is 0. The van der Waals surface area contributed by atoms with Gasteiger partial charge in [-0.15, -0.1) is 0 Å². The van der Waals surface area contributed by atoms with E-state index in [2.05, 4.69) is 0 Å². The zero-order chi connectivity index (χ0) is 23.0. The van der Waals surface area contributed by atoms with Crippen molar-refractivity contribution >= 4 is 17.7 Å². The van der Waals surface area contributed by atoms with Crippen LogP contribution in [0.15, 0.2) is 24.3 Å². The summed E-state index contributed by atoms with van der Waals surface area (Å²) >= 11 is 0. The Hall–Kier alpha value is -2.58. The standard InChI is InChI=1S/C22H28F3N3O3/c1-21(2,3)28-14-15(13-18(28)29)19(30)26-9-6-10-27(12-11-26)20(31)16-7-4-5-8-17(16)22(23,24)25/h4-5,7-8,15H,6,9-14H2,1-3H3. The molecule has 9 heteroatoms. The Kier molecular flexibility index (Phi) is 6.34. The third-order valence-electron chi connectivity index (χ3n) is 5.84. The van der Waals surface area contributed by atoms with Crippen LogP contribution in [0.5, 0.6) is 0 Å². The summed E-state index contributed by atoms with van der Waals surface area (Å²) in [5, 5.41) is 0. The van der Waals surface area contributed by atoms with Crippen LogP contribution >= 0.6 is 0 Å². The van der Waals surface area contributed by atoms with E-state index in [1.807, 2.05) is 20.8 Å². The molecule has 0 spiro atoms. The minimum absolute atomic E-state index is 0.0544. The fourth-order valence-electron chi connectivity index (χ4n) is 4.21. The van der Waals surface area contributed by atoms with Gasteiger partial charge in [0.1, 0.15) is 0 Å². The highest BCUT2D eigenvalue weighted by atomic mass is 19.4. The van der Waals surface area contributed by atoms with Gasteiger partial charge in [-0.2, -0.15) is 13.2 Å².